The van der Waals surface area contributed by atoms with Crippen molar-refractivity contribution in [3.8, 4) is 0 Å². The van der Waals surface area contributed by atoms with E-state index in [1.54, 1.807) is 0 Å². The van der Waals surface area contributed by atoms with E-state index in [9.17, 15) is 0 Å². The molecule has 0 bridgehead atoms. The fraction of sp³-hybridized carbons (Fsp3) is 0. The minimum Gasteiger partial charge on any atom is -0.412 e. The molecule has 0 aromatic carbocycles. The van der Waals surface area contributed by atoms with Crippen molar-refractivity contribution in [1.29, 1.82) is 0 Å². The minimum atomic E-state index is -1.25. The molecular weight excluding hydrogens is 438 g/mol. The van der Waals surface area contributed by atoms with Crippen LogP contribution in [0.3, 0.4) is 0 Å². The molecule has 0 aromatic rings. The van der Waals surface area contributed by atoms with Crippen LogP contribution in [0.5, 0.6) is 0 Å². The summed E-state index contributed by atoms with van der Waals surface area (Å²) < 4.78 is 0. The summed E-state index contributed by atoms with van der Waals surface area (Å²) in [5, 5.41) is 37.6. The maximum Gasteiger partial charge on any atom is 0.472 e. The number of nitrogens with zero attached hydrogens (tertiary/aromatic N) is 3. The smallest absolute Gasteiger partial charge is 0.412 e. The molecule has 0 aromatic heterocycles. The average molecular weight is 450 g/mol. The van der Waals surface area contributed by atoms with Gasteiger partial charge in [-0.3, -0.25) is 0 Å². The van der Waals surface area contributed by atoms with Crippen LogP contribution in [0.1, 0.15) is 0 Å². The Hall–Kier alpha value is -1.60. The zero-order chi connectivity index (χ0) is 10.7. The van der Waals surface area contributed by atoms with Gasteiger partial charge in [-0.05, 0) is 0 Å². The molecule has 0 amide bonds. The van der Waals surface area contributed by atoms with E-state index in [0.29, 0.717) is 0 Å². The van der Waals surface area contributed by atoms with Crippen molar-refractivity contribution in [3.63, 3.8) is 0 Å². The first kappa shape index (κ1) is 47.2. The monoisotopic (exact) mass is 451 g/mol. The van der Waals surface area contributed by atoms with Gasteiger partial charge in [0.05, 0.1) is 0 Å². The molecule has 16 heteroatoms. The van der Waals surface area contributed by atoms with E-state index in [1.807, 2.05) is 0 Å². The summed E-state index contributed by atoms with van der Waals surface area (Å²) >= 11 is 0. The Labute approximate surface area is 105 Å². The summed E-state index contributed by atoms with van der Waals surface area (Å²) in [6, 6.07) is 0. The van der Waals surface area contributed by atoms with E-state index >= 15 is 0 Å². The molecule has 12 N–H and O–H groups in total. The fourth-order valence-electron chi connectivity index (χ4n) is 0. The molecule has 0 heterocycles. The van der Waals surface area contributed by atoms with Crippen molar-refractivity contribution >= 4 is 27.3 Å². The summed E-state index contributed by atoms with van der Waals surface area (Å²) in [4.78, 5) is 25.4. The maximum atomic E-state index is 8.47. The molecule has 0 aliphatic heterocycles. The Kier molecular flexibility index (Phi) is 111. The molecule has 0 atom stereocenters. The first-order valence-corrected chi connectivity index (χ1v) is 1.75. The van der Waals surface area contributed by atoms with E-state index < -0.39 is 15.3 Å². The van der Waals surface area contributed by atoms with Crippen LogP contribution in [0, 0.1) is 14.7 Å². The van der Waals surface area contributed by atoms with Crippen LogP contribution in [0.2, 0.25) is 0 Å². The van der Waals surface area contributed by atoms with Gasteiger partial charge >= 0.3 is 15.3 Å². The molecular formula is H12N3O12Tl+3. The van der Waals surface area contributed by atoms with E-state index in [4.69, 9.17) is 46.0 Å². The van der Waals surface area contributed by atoms with Crippen LogP contribution >= 0.6 is 0 Å². The molecule has 15 nitrogen and oxygen atoms in total. The molecule has 99 valence electrons. The Morgan fingerprint density at radius 2 is 0.500 bits per heavy atom. The third-order valence-electron chi connectivity index (χ3n) is 0. The average Bonchev–Trinajstić information content (AvgIpc) is 1.54. The van der Waals surface area contributed by atoms with Crippen molar-refractivity contribution in [1.82, 2.24) is 0 Å². The van der Waals surface area contributed by atoms with Crippen LogP contribution in [-0.4, -0.2) is 90.2 Å². The van der Waals surface area contributed by atoms with Crippen molar-refractivity contribution < 1.29 is 62.9 Å². The van der Waals surface area contributed by atoms with Crippen molar-refractivity contribution in [2.45, 2.75) is 0 Å². The summed E-state index contributed by atoms with van der Waals surface area (Å²) in [5.74, 6) is 0. The molecule has 0 aliphatic rings. The van der Waals surface area contributed by atoms with Gasteiger partial charge in [-0.1, -0.05) is 0 Å². The van der Waals surface area contributed by atoms with Crippen molar-refractivity contribution in [3.05, 3.63) is 14.7 Å². The zero-order valence-corrected chi connectivity index (χ0v) is 11.8. The number of hydrogen-bond donors (Lipinski definition) is 6. The molecule has 0 rings (SSSR count). The molecule has 0 saturated heterocycles. The minimum absolute atomic E-state index is 0. The SMILES string of the molecule is O.O.O.O=[N+](O)O.O=[N+](O)O.O=[N+](O)O.[Tl]. The van der Waals surface area contributed by atoms with Crippen LogP contribution in [0.25, 0.3) is 0 Å². The van der Waals surface area contributed by atoms with Crippen molar-refractivity contribution in [2.24, 2.45) is 0 Å². The van der Waals surface area contributed by atoms with Gasteiger partial charge in [0, 0.05) is 27.3 Å². The Balaban J connectivity index is -0.0000000135. The summed E-state index contributed by atoms with van der Waals surface area (Å²) in [6.45, 7) is 0. The second-order valence-electron chi connectivity index (χ2n) is 0.758. The first-order valence-electron chi connectivity index (χ1n) is 1.75. The number of hydrogen-bond acceptors (Lipinski definition) is 3. The zero-order valence-electron chi connectivity index (χ0n) is 7.33. The van der Waals surface area contributed by atoms with E-state index in [0.717, 1.165) is 0 Å². The van der Waals surface area contributed by atoms with Gasteiger partial charge in [0.15, 0.2) is 0 Å². The second kappa shape index (κ2) is 37.6. The van der Waals surface area contributed by atoms with Gasteiger partial charge < -0.3 is 16.4 Å². The largest absolute Gasteiger partial charge is 0.472 e. The first-order chi connectivity index (χ1) is 5.20. The van der Waals surface area contributed by atoms with Gasteiger partial charge in [-0.2, -0.15) is 0 Å². The van der Waals surface area contributed by atoms with E-state index in [-0.39, 0.29) is 43.7 Å². The van der Waals surface area contributed by atoms with Gasteiger partial charge in [-0.15, -0.1) is 0 Å². The van der Waals surface area contributed by atoms with Gasteiger partial charge in [-0.25, -0.2) is 31.2 Å². The molecule has 0 spiro atoms. The summed E-state index contributed by atoms with van der Waals surface area (Å²) in [7, 11) is 0. The number of rotatable bonds is 0. The molecule has 0 aliphatic carbocycles. The predicted octanol–water partition coefficient (Wildman–Crippen LogP) is -4.22. The Morgan fingerprint density at radius 3 is 0.500 bits per heavy atom. The van der Waals surface area contributed by atoms with E-state index in [2.05, 4.69) is 0 Å². The van der Waals surface area contributed by atoms with Gasteiger partial charge in [0.1, 0.15) is 14.7 Å². The van der Waals surface area contributed by atoms with Gasteiger partial charge in [0.25, 0.3) is 0 Å². The summed E-state index contributed by atoms with van der Waals surface area (Å²) in [5.41, 5.74) is 0. The maximum absolute atomic E-state index is 8.47. The van der Waals surface area contributed by atoms with Gasteiger partial charge in [0.2, 0.25) is 0 Å². The Morgan fingerprint density at radius 1 is 0.500 bits per heavy atom. The third kappa shape index (κ3) is 631. The van der Waals surface area contributed by atoms with Crippen LogP contribution in [0.4, 0.5) is 0 Å². The van der Waals surface area contributed by atoms with Crippen molar-refractivity contribution in [2.75, 3.05) is 0 Å². The quantitative estimate of drug-likeness (QED) is 0.154. The molecule has 0 unspecified atom stereocenters. The second-order valence-corrected chi connectivity index (χ2v) is 0.758. The van der Waals surface area contributed by atoms with Crippen LogP contribution in [-0.2, 0) is 0 Å². The van der Waals surface area contributed by atoms with Crippen LogP contribution < -0.4 is 0 Å². The molecule has 1 radical (unpaired) electrons. The summed E-state index contributed by atoms with van der Waals surface area (Å²) in [6.07, 6.45) is 0. The topological polar surface area (TPSA) is 276 Å². The molecule has 0 fully saturated rings. The predicted molar refractivity (Wildman–Crippen MR) is 38.2 cm³/mol. The molecule has 0 saturated carbocycles. The molecule has 16 heavy (non-hydrogen) atoms. The van der Waals surface area contributed by atoms with Crippen LogP contribution in [0.15, 0.2) is 0 Å². The van der Waals surface area contributed by atoms with E-state index in [1.165, 1.54) is 0 Å². The fourth-order valence-corrected chi connectivity index (χ4v) is 0. The standard InChI is InChI=1S/3H2NO3.3H2O.Tl/c3*2-1(3)4;;;;/h3*(H2,2,3,4);3*1H2;/q3*+1;;;;. The normalized spacial score (nSPS) is 4.50. The Bertz CT molecular complexity index is 114. The third-order valence-corrected chi connectivity index (χ3v) is 0.